The maximum absolute atomic E-state index is 12.6. The van der Waals surface area contributed by atoms with Gasteiger partial charge < -0.3 is 20.3 Å². The van der Waals surface area contributed by atoms with Crippen LogP contribution in [0.25, 0.3) is 0 Å². The first-order valence-corrected chi connectivity index (χ1v) is 10.5. The zero-order valence-electron chi connectivity index (χ0n) is 18.1. The number of rotatable bonds is 7. The maximum Gasteiger partial charge on any atom is 0.315 e. The molecule has 0 spiro atoms. The number of hydrogen-bond acceptors (Lipinski definition) is 3. The van der Waals surface area contributed by atoms with E-state index in [0.717, 1.165) is 22.4 Å². The van der Waals surface area contributed by atoms with E-state index >= 15 is 0 Å². The van der Waals surface area contributed by atoms with Crippen LogP contribution in [0.4, 0.5) is 4.79 Å². The largest absolute Gasteiger partial charge is 0.494 e. The van der Waals surface area contributed by atoms with Crippen LogP contribution in [0.15, 0.2) is 48.5 Å². The third-order valence-electron chi connectivity index (χ3n) is 5.52. The van der Waals surface area contributed by atoms with E-state index in [-0.39, 0.29) is 30.1 Å². The molecule has 1 aliphatic rings. The van der Waals surface area contributed by atoms with Gasteiger partial charge in [-0.2, -0.15) is 0 Å². The molecule has 160 valence electrons. The second-order valence-corrected chi connectivity index (χ2v) is 7.85. The summed E-state index contributed by atoms with van der Waals surface area (Å²) in [5.41, 5.74) is 3.13. The van der Waals surface area contributed by atoms with Gasteiger partial charge >= 0.3 is 6.03 Å². The van der Waals surface area contributed by atoms with Gasteiger partial charge in [0.25, 0.3) is 0 Å². The lowest BCUT2D eigenvalue weighted by Gasteiger charge is -2.25. The molecule has 2 N–H and O–H groups in total. The molecule has 30 heavy (non-hydrogen) atoms. The summed E-state index contributed by atoms with van der Waals surface area (Å²) in [5.74, 6) is 0.830. The molecule has 1 saturated heterocycles. The van der Waals surface area contributed by atoms with E-state index in [4.69, 9.17) is 4.74 Å². The summed E-state index contributed by atoms with van der Waals surface area (Å²) in [5, 5.41) is 5.94. The second-order valence-electron chi connectivity index (χ2n) is 7.85. The van der Waals surface area contributed by atoms with Crippen molar-refractivity contribution in [1.29, 1.82) is 0 Å². The molecule has 0 bridgehead atoms. The van der Waals surface area contributed by atoms with Gasteiger partial charge in [0.15, 0.2) is 0 Å². The van der Waals surface area contributed by atoms with Crippen LogP contribution < -0.4 is 15.4 Å². The summed E-state index contributed by atoms with van der Waals surface area (Å²) in [4.78, 5) is 26.9. The molecule has 3 rings (SSSR count). The van der Waals surface area contributed by atoms with Crippen LogP contribution in [0.5, 0.6) is 5.75 Å². The van der Waals surface area contributed by atoms with Crippen molar-refractivity contribution in [3.63, 3.8) is 0 Å². The summed E-state index contributed by atoms with van der Waals surface area (Å²) >= 11 is 0. The molecular weight excluding hydrogens is 378 g/mol. The minimum atomic E-state index is -0.279. The minimum absolute atomic E-state index is 0.0199. The van der Waals surface area contributed by atoms with E-state index in [0.29, 0.717) is 19.6 Å². The van der Waals surface area contributed by atoms with Gasteiger partial charge in [-0.1, -0.05) is 48.0 Å². The fourth-order valence-corrected chi connectivity index (χ4v) is 3.91. The highest BCUT2D eigenvalue weighted by molar-refractivity contribution is 5.82. The Hall–Kier alpha value is -3.02. The van der Waals surface area contributed by atoms with Crippen molar-refractivity contribution in [3.8, 4) is 5.75 Å². The molecule has 3 unspecified atom stereocenters. The molecule has 1 heterocycles. The van der Waals surface area contributed by atoms with Gasteiger partial charge in [-0.25, -0.2) is 4.79 Å². The van der Waals surface area contributed by atoms with Crippen molar-refractivity contribution >= 4 is 11.9 Å². The first-order chi connectivity index (χ1) is 14.4. The van der Waals surface area contributed by atoms with Crippen molar-refractivity contribution in [2.24, 2.45) is 0 Å². The number of benzene rings is 2. The Bertz CT molecular complexity index is 885. The molecule has 0 aliphatic carbocycles. The van der Waals surface area contributed by atoms with Gasteiger partial charge in [-0.3, -0.25) is 4.79 Å². The summed E-state index contributed by atoms with van der Waals surface area (Å²) in [6, 6.07) is 15.2. The smallest absolute Gasteiger partial charge is 0.315 e. The molecule has 3 atom stereocenters. The van der Waals surface area contributed by atoms with Crippen molar-refractivity contribution in [1.82, 2.24) is 15.5 Å². The lowest BCUT2D eigenvalue weighted by atomic mass is 10.0. The van der Waals surface area contributed by atoms with Gasteiger partial charge in [0.05, 0.1) is 24.7 Å². The second kappa shape index (κ2) is 9.65. The normalized spacial score (nSPS) is 18.1. The number of hydrogen-bond donors (Lipinski definition) is 2. The molecule has 1 aliphatic heterocycles. The maximum atomic E-state index is 12.6. The standard InChI is InChI=1S/C24H31N3O3/c1-5-30-22-12-11-16(2)13-21(22)17(3)25-24(29)26-20-14-23(28)27(15-20)18(4)19-9-7-6-8-10-19/h6-13,17-18,20H,5,14-15H2,1-4H3,(H2,25,26,29). The highest BCUT2D eigenvalue weighted by atomic mass is 16.5. The lowest BCUT2D eigenvalue weighted by Crippen LogP contribution is -2.44. The number of aryl methyl sites for hydroxylation is 1. The van der Waals surface area contributed by atoms with Gasteiger partial charge in [-0.05, 0) is 39.3 Å². The Kier molecular flexibility index (Phi) is 6.98. The molecule has 0 aromatic heterocycles. The number of amides is 3. The fourth-order valence-electron chi connectivity index (χ4n) is 3.91. The van der Waals surface area contributed by atoms with E-state index in [2.05, 4.69) is 10.6 Å². The fraction of sp³-hybridized carbons (Fsp3) is 0.417. The first kappa shape index (κ1) is 21.7. The predicted octanol–water partition coefficient (Wildman–Crippen LogP) is 4.12. The van der Waals surface area contributed by atoms with E-state index in [1.165, 1.54) is 0 Å². The molecule has 1 fully saturated rings. The number of nitrogens with one attached hydrogen (secondary N) is 2. The summed E-state index contributed by atoms with van der Waals surface area (Å²) < 4.78 is 5.70. The third kappa shape index (κ3) is 5.12. The van der Waals surface area contributed by atoms with Crippen LogP contribution in [-0.2, 0) is 4.79 Å². The quantitative estimate of drug-likeness (QED) is 0.723. The SMILES string of the molecule is CCOc1ccc(C)cc1C(C)NC(=O)NC1CC(=O)N(C(C)c2ccccc2)C1. The Morgan fingerprint density at radius 3 is 2.63 bits per heavy atom. The number of nitrogens with zero attached hydrogens (tertiary/aromatic N) is 1. The van der Waals surface area contributed by atoms with Gasteiger partial charge in [0.2, 0.25) is 5.91 Å². The minimum Gasteiger partial charge on any atom is -0.494 e. The Morgan fingerprint density at radius 1 is 1.20 bits per heavy atom. The number of carbonyl (C=O) groups excluding carboxylic acids is 2. The average molecular weight is 410 g/mol. The van der Waals surface area contributed by atoms with Crippen molar-refractivity contribution in [3.05, 3.63) is 65.2 Å². The van der Waals surface area contributed by atoms with Crippen LogP contribution in [0, 0.1) is 6.92 Å². The van der Waals surface area contributed by atoms with Gasteiger partial charge in [0.1, 0.15) is 5.75 Å². The first-order valence-electron chi connectivity index (χ1n) is 10.5. The number of ether oxygens (including phenoxy) is 1. The van der Waals surface area contributed by atoms with Crippen LogP contribution in [0.1, 0.15) is 56.0 Å². The molecule has 0 radical (unpaired) electrons. The zero-order valence-corrected chi connectivity index (χ0v) is 18.1. The van der Waals surface area contributed by atoms with Crippen LogP contribution in [-0.4, -0.2) is 36.0 Å². The lowest BCUT2D eigenvalue weighted by molar-refractivity contribution is -0.129. The van der Waals surface area contributed by atoms with Crippen molar-refractivity contribution in [2.45, 2.75) is 52.2 Å². The van der Waals surface area contributed by atoms with Crippen LogP contribution in [0.2, 0.25) is 0 Å². The Labute approximate surface area is 178 Å². The topological polar surface area (TPSA) is 70.7 Å². The molecule has 6 heteroatoms. The number of likely N-dealkylation sites (tertiary alicyclic amines) is 1. The molecular formula is C24H31N3O3. The van der Waals surface area contributed by atoms with Crippen LogP contribution in [0.3, 0.4) is 0 Å². The Balaban J connectivity index is 1.59. The van der Waals surface area contributed by atoms with Gasteiger partial charge in [0, 0.05) is 18.5 Å². The van der Waals surface area contributed by atoms with Crippen molar-refractivity contribution in [2.75, 3.05) is 13.2 Å². The molecule has 2 aromatic carbocycles. The molecule has 3 amide bonds. The van der Waals surface area contributed by atoms with E-state index < -0.39 is 0 Å². The highest BCUT2D eigenvalue weighted by Crippen LogP contribution is 2.27. The summed E-state index contributed by atoms with van der Waals surface area (Å²) in [6.45, 7) is 8.97. The molecule has 2 aromatic rings. The monoisotopic (exact) mass is 409 g/mol. The summed E-state index contributed by atoms with van der Waals surface area (Å²) in [6.07, 6.45) is 0.313. The average Bonchev–Trinajstić information content (AvgIpc) is 3.09. The van der Waals surface area contributed by atoms with E-state index in [9.17, 15) is 9.59 Å². The van der Waals surface area contributed by atoms with E-state index in [1.807, 2.05) is 81.1 Å². The molecule has 0 saturated carbocycles. The van der Waals surface area contributed by atoms with Gasteiger partial charge in [-0.15, -0.1) is 0 Å². The van der Waals surface area contributed by atoms with E-state index in [1.54, 1.807) is 0 Å². The predicted molar refractivity (Wildman–Crippen MR) is 117 cm³/mol. The summed E-state index contributed by atoms with van der Waals surface area (Å²) in [7, 11) is 0. The number of urea groups is 1. The zero-order chi connectivity index (χ0) is 21.7. The third-order valence-corrected chi connectivity index (χ3v) is 5.52. The Morgan fingerprint density at radius 2 is 1.93 bits per heavy atom. The van der Waals surface area contributed by atoms with Crippen molar-refractivity contribution < 1.29 is 14.3 Å². The van der Waals surface area contributed by atoms with Crippen LogP contribution >= 0.6 is 0 Å². The number of carbonyl (C=O) groups is 2. The molecule has 6 nitrogen and oxygen atoms in total. The highest BCUT2D eigenvalue weighted by Gasteiger charge is 2.34.